The van der Waals surface area contributed by atoms with Gasteiger partial charge in [-0.3, -0.25) is 14.7 Å². The highest BCUT2D eigenvalue weighted by Gasteiger charge is 2.27. The molecule has 0 radical (unpaired) electrons. The van der Waals surface area contributed by atoms with Gasteiger partial charge >= 0.3 is 10.2 Å². The van der Waals surface area contributed by atoms with E-state index in [9.17, 15) is 13.2 Å². The van der Waals surface area contributed by atoms with Crippen molar-refractivity contribution in [3.63, 3.8) is 0 Å². The number of benzene rings is 1. The summed E-state index contributed by atoms with van der Waals surface area (Å²) in [7, 11) is -3.84. The fourth-order valence-electron chi connectivity index (χ4n) is 2.84. The molecule has 0 aliphatic carbocycles. The lowest BCUT2D eigenvalue weighted by molar-refractivity contribution is -0.114. The van der Waals surface area contributed by atoms with Gasteiger partial charge in [-0.15, -0.1) is 0 Å². The number of carbonyl (C=O) groups is 1. The molecule has 0 spiro atoms. The Morgan fingerprint density at radius 3 is 2.37 bits per heavy atom. The first-order chi connectivity index (χ1) is 13.0. The topological polar surface area (TPSA) is 82.6 Å². The number of hydrogen-bond donors (Lipinski definition) is 1. The number of nitrogens with one attached hydrogen (secondary N) is 1. The number of amides is 1. The first kappa shape index (κ1) is 19.2. The molecular weight excluding hydrogens is 364 g/mol. The van der Waals surface area contributed by atoms with Gasteiger partial charge in [-0.25, -0.2) is 4.72 Å². The molecule has 1 amide bonds. The van der Waals surface area contributed by atoms with E-state index in [-0.39, 0.29) is 0 Å². The van der Waals surface area contributed by atoms with E-state index < -0.39 is 16.1 Å². The molecule has 0 bridgehead atoms. The van der Waals surface area contributed by atoms with Crippen LogP contribution in [0.25, 0.3) is 6.08 Å². The number of pyridine rings is 1. The van der Waals surface area contributed by atoms with Gasteiger partial charge in [0, 0.05) is 51.2 Å². The Bertz CT molecular complexity index is 878. The summed E-state index contributed by atoms with van der Waals surface area (Å²) in [6.07, 6.45) is 5.95. The van der Waals surface area contributed by atoms with Crippen molar-refractivity contribution in [2.45, 2.75) is 6.54 Å². The Kier molecular flexibility index (Phi) is 6.33. The van der Waals surface area contributed by atoms with Crippen LogP contribution in [0.3, 0.4) is 0 Å². The van der Waals surface area contributed by atoms with Gasteiger partial charge in [0.1, 0.15) is 0 Å². The molecule has 142 valence electrons. The Morgan fingerprint density at radius 1 is 1.04 bits per heavy atom. The summed E-state index contributed by atoms with van der Waals surface area (Å²) < 4.78 is 28.2. The summed E-state index contributed by atoms with van der Waals surface area (Å²) in [5.74, 6) is -0.668. The molecule has 8 heteroatoms. The van der Waals surface area contributed by atoms with Crippen molar-refractivity contribution in [3.05, 3.63) is 72.1 Å². The maximum Gasteiger partial charge on any atom is 0.304 e. The Hall–Kier alpha value is -2.55. The van der Waals surface area contributed by atoms with E-state index in [2.05, 4.69) is 26.7 Å². The van der Waals surface area contributed by atoms with Gasteiger partial charge in [0.05, 0.1) is 0 Å². The third kappa shape index (κ3) is 5.72. The molecule has 3 rings (SSSR count). The predicted molar refractivity (Wildman–Crippen MR) is 104 cm³/mol. The zero-order chi connectivity index (χ0) is 19.1. The van der Waals surface area contributed by atoms with Crippen LogP contribution in [0.1, 0.15) is 11.1 Å². The van der Waals surface area contributed by atoms with Crippen LogP contribution < -0.4 is 4.72 Å². The molecule has 2 aromatic rings. The molecule has 1 saturated heterocycles. The van der Waals surface area contributed by atoms with Gasteiger partial charge in [-0.1, -0.05) is 30.3 Å². The van der Waals surface area contributed by atoms with Crippen LogP contribution in [0.4, 0.5) is 0 Å². The molecule has 27 heavy (non-hydrogen) atoms. The van der Waals surface area contributed by atoms with E-state index in [0.717, 1.165) is 12.1 Å². The summed E-state index contributed by atoms with van der Waals surface area (Å²) in [4.78, 5) is 18.0. The highest BCUT2D eigenvalue weighted by molar-refractivity contribution is 7.87. The first-order valence-electron chi connectivity index (χ1n) is 8.69. The molecule has 0 unspecified atom stereocenters. The minimum Gasteiger partial charge on any atom is -0.296 e. The molecule has 2 heterocycles. The normalized spacial score (nSPS) is 16.4. The molecule has 7 nitrogen and oxygen atoms in total. The minimum absolute atomic E-state index is 0.351. The lowest BCUT2D eigenvalue weighted by Gasteiger charge is -2.33. The maximum absolute atomic E-state index is 12.4. The van der Waals surface area contributed by atoms with Crippen molar-refractivity contribution in [2.75, 3.05) is 26.2 Å². The van der Waals surface area contributed by atoms with E-state index in [1.165, 1.54) is 15.9 Å². The summed E-state index contributed by atoms with van der Waals surface area (Å²) in [6.45, 7) is 2.73. The molecule has 0 atom stereocenters. The van der Waals surface area contributed by atoms with Gasteiger partial charge in [0.2, 0.25) is 0 Å². The molecule has 1 aliphatic heterocycles. The van der Waals surface area contributed by atoms with Crippen LogP contribution in [0.2, 0.25) is 0 Å². The van der Waals surface area contributed by atoms with Crippen molar-refractivity contribution < 1.29 is 13.2 Å². The zero-order valence-corrected chi connectivity index (χ0v) is 15.7. The van der Waals surface area contributed by atoms with E-state index in [0.29, 0.717) is 26.2 Å². The molecule has 1 aromatic carbocycles. The Labute approximate surface area is 159 Å². The lowest BCUT2D eigenvalue weighted by atomic mass is 10.2. The second-order valence-corrected chi connectivity index (χ2v) is 7.92. The smallest absolute Gasteiger partial charge is 0.296 e. The quantitative estimate of drug-likeness (QED) is 0.756. The monoisotopic (exact) mass is 386 g/mol. The number of hydrogen-bond acceptors (Lipinski definition) is 5. The van der Waals surface area contributed by atoms with Gasteiger partial charge in [-0.2, -0.15) is 12.7 Å². The summed E-state index contributed by atoms with van der Waals surface area (Å²) in [5, 5.41) is 0. The summed E-state index contributed by atoms with van der Waals surface area (Å²) >= 11 is 0. The van der Waals surface area contributed by atoms with Crippen molar-refractivity contribution in [1.82, 2.24) is 18.9 Å². The number of piperazine rings is 1. The van der Waals surface area contributed by atoms with E-state index in [1.807, 2.05) is 18.2 Å². The van der Waals surface area contributed by atoms with Gasteiger partial charge in [-0.05, 0) is 29.3 Å². The van der Waals surface area contributed by atoms with E-state index in [1.54, 1.807) is 30.6 Å². The standard InChI is InChI=1S/C19H22N4O3S/c24-19(7-6-17-8-10-20-11-9-17)21-27(25,26)23-14-12-22(13-15-23)16-18-4-2-1-3-5-18/h1-11H,12-16H2,(H,21,24)/b7-6+. The maximum atomic E-state index is 12.4. The van der Waals surface area contributed by atoms with E-state index in [4.69, 9.17) is 0 Å². The predicted octanol–water partition coefficient (Wildman–Crippen LogP) is 1.27. The first-order valence-corrected chi connectivity index (χ1v) is 10.1. The molecule has 1 aliphatic rings. The van der Waals surface area contributed by atoms with Crippen molar-refractivity contribution >= 4 is 22.2 Å². The third-order valence-electron chi connectivity index (χ3n) is 4.28. The van der Waals surface area contributed by atoms with Crippen LogP contribution >= 0.6 is 0 Å². The minimum atomic E-state index is -3.84. The van der Waals surface area contributed by atoms with Crippen LogP contribution in [0, 0.1) is 0 Å². The average molecular weight is 386 g/mol. The SMILES string of the molecule is O=C(/C=C/c1ccncc1)NS(=O)(=O)N1CCN(Cc2ccccc2)CC1. The largest absolute Gasteiger partial charge is 0.304 e. The summed E-state index contributed by atoms with van der Waals surface area (Å²) in [6, 6.07) is 13.5. The molecule has 1 fully saturated rings. The summed E-state index contributed by atoms with van der Waals surface area (Å²) in [5.41, 5.74) is 1.97. The average Bonchev–Trinajstić information content (AvgIpc) is 2.68. The molecular formula is C19H22N4O3S. The highest BCUT2D eigenvalue weighted by atomic mass is 32.2. The lowest BCUT2D eigenvalue weighted by Crippen LogP contribution is -2.52. The number of carbonyl (C=O) groups excluding carboxylic acids is 1. The molecule has 1 N–H and O–H groups in total. The van der Waals surface area contributed by atoms with Gasteiger partial charge in [0.25, 0.3) is 5.91 Å². The number of nitrogens with zero attached hydrogens (tertiary/aromatic N) is 3. The third-order valence-corrected chi connectivity index (χ3v) is 5.79. The highest BCUT2D eigenvalue weighted by Crippen LogP contribution is 2.10. The van der Waals surface area contributed by atoms with Crippen molar-refractivity contribution in [1.29, 1.82) is 0 Å². The Morgan fingerprint density at radius 2 is 1.70 bits per heavy atom. The fourth-order valence-corrected chi connectivity index (χ4v) is 3.94. The van der Waals surface area contributed by atoms with Crippen LogP contribution in [0.5, 0.6) is 0 Å². The van der Waals surface area contributed by atoms with Crippen molar-refractivity contribution in [3.8, 4) is 0 Å². The zero-order valence-electron chi connectivity index (χ0n) is 14.9. The van der Waals surface area contributed by atoms with Gasteiger partial charge < -0.3 is 0 Å². The number of rotatable bonds is 6. The van der Waals surface area contributed by atoms with Crippen LogP contribution in [-0.2, 0) is 21.5 Å². The Balaban J connectivity index is 1.50. The van der Waals surface area contributed by atoms with E-state index >= 15 is 0 Å². The molecule has 0 saturated carbocycles. The van der Waals surface area contributed by atoms with Crippen molar-refractivity contribution in [2.24, 2.45) is 0 Å². The van der Waals surface area contributed by atoms with Crippen LogP contribution in [-0.4, -0.2) is 54.7 Å². The molecule has 1 aromatic heterocycles. The second-order valence-electron chi connectivity index (χ2n) is 6.25. The number of aromatic nitrogens is 1. The van der Waals surface area contributed by atoms with Crippen LogP contribution in [0.15, 0.2) is 60.9 Å². The fraction of sp³-hybridized carbons (Fsp3) is 0.263. The van der Waals surface area contributed by atoms with Gasteiger partial charge in [0.15, 0.2) is 0 Å². The second kappa shape index (κ2) is 8.90.